The van der Waals surface area contributed by atoms with Crippen LogP contribution in [0, 0.1) is 5.82 Å². The van der Waals surface area contributed by atoms with E-state index in [9.17, 15) is 14.0 Å². The lowest BCUT2D eigenvalue weighted by Gasteiger charge is -2.29. The number of nitrogens with two attached hydrogens (primary N) is 1. The Morgan fingerprint density at radius 1 is 1.53 bits per heavy atom. The molecule has 6 heteroatoms. The summed E-state index contributed by atoms with van der Waals surface area (Å²) < 4.78 is 19.3. The van der Waals surface area contributed by atoms with Crippen molar-refractivity contribution in [2.45, 2.75) is 18.9 Å². The maximum Gasteiger partial charge on any atom is 0.248 e. The predicted octanol–water partition coefficient (Wildman–Crippen LogP) is 0.676. The van der Waals surface area contributed by atoms with E-state index < -0.39 is 17.3 Å². The van der Waals surface area contributed by atoms with E-state index in [0.717, 1.165) is 6.07 Å². The Kier molecular flexibility index (Phi) is 3.53. The number of halogens is 1. The Morgan fingerprint density at radius 3 is 2.95 bits per heavy atom. The predicted molar refractivity (Wildman–Crippen MR) is 65.8 cm³/mol. The third-order valence-electron chi connectivity index (χ3n) is 3.12. The number of primary amides is 1. The van der Waals surface area contributed by atoms with Gasteiger partial charge in [-0.1, -0.05) is 0 Å². The van der Waals surface area contributed by atoms with Crippen LogP contribution in [0.2, 0.25) is 0 Å². The number of hydrogen-bond acceptors (Lipinski definition) is 3. The standard InChI is InChI=1S/C13H15FN2O3/c1-13(7-19-5-4-11(17)16-13)9-6-8(12(15)18)2-3-10(9)14/h2-3,6H,4-5,7H2,1H3,(H2,15,18)(H,16,17)/t13-/m0/s1. The normalized spacial score (nSPS) is 23.6. The van der Waals surface area contributed by atoms with Gasteiger partial charge in [0.15, 0.2) is 0 Å². The molecule has 19 heavy (non-hydrogen) atoms. The molecule has 102 valence electrons. The van der Waals surface area contributed by atoms with Crippen LogP contribution >= 0.6 is 0 Å². The molecule has 2 amide bonds. The molecule has 1 saturated heterocycles. The molecular weight excluding hydrogens is 251 g/mol. The molecular formula is C13H15FN2O3. The second-order valence-electron chi connectivity index (χ2n) is 4.74. The Bertz CT molecular complexity index is 533. The lowest BCUT2D eigenvalue weighted by Crippen LogP contribution is -2.45. The van der Waals surface area contributed by atoms with Crippen LogP contribution in [0.1, 0.15) is 29.3 Å². The summed E-state index contributed by atoms with van der Waals surface area (Å²) in [5, 5.41) is 2.72. The molecule has 0 radical (unpaired) electrons. The molecule has 1 fully saturated rings. The van der Waals surface area contributed by atoms with Gasteiger partial charge in [-0.25, -0.2) is 4.39 Å². The number of amides is 2. The Balaban J connectivity index is 2.45. The number of rotatable bonds is 2. The third kappa shape index (κ3) is 2.73. The van der Waals surface area contributed by atoms with Gasteiger partial charge in [0.05, 0.1) is 18.8 Å². The molecule has 0 saturated carbocycles. The molecule has 1 aliphatic rings. The molecule has 1 atom stereocenters. The molecule has 0 aromatic heterocycles. The lowest BCUT2D eigenvalue weighted by molar-refractivity contribution is -0.122. The summed E-state index contributed by atoms with van der Waals surface area (Å²) in [4.78, 5) is 22.8. The van der Waals surface area contributed by atoms with Crippen molar-refractivity contribution in [1.82, 2.24) is 5.32 Å². The van der Waals surface area contributed by atoms with Crippen molar-refractivity contribution in [1.29, 1.82) is 0 Å². The van der Waals surface area contributed by atoms with Crippen LogP contribution in [0.25, 0.3) is 0 Å². The minimum absolute atomic E-state index is 0.137. The summed E-state index contributed by atoms with van der Waals surface area (Å²) in [5.41, 5.74) is 4.56. The van der Waals surface area contributed by atoms with Gasteiger partial charge in [0, 0.05) is 17.5 Å². The molecule has 5 nitrogen and oxygen atoms in total. The smallest absolute Gasteiger partial charge is 0.248 e. The summed E-state index contributed by atoms with van der Waals surface area (Å²) >= 11 is 0. The number of benzene rings is 1. The van der Waals surface area contributed by atoms with Crippen LogP contribution in [0.15, 0.2) is 18.2 Å². The lowest BCUT2D eigenvalue weighted by atomic mass is 9.90. The van der Waals surface area contributed by atoms with Crippen molar-refractivity contribution >= 4 is 11.8 Å². The van der Waals surface area contributed by atoms with E-state index in [1.807, 2.05) is 0 Å². The molecule has 3 N–H and O–H groups in total. The number of nitrogens with one attached hydrogen (secondary N) is 1. The van der Waals surface area contributed by atoms with Gasteiger partial charge in [0.2, 0.25) is 11.8 Å². The van der Waals surface area contributed by atoms with Crippen LogP contribution in [0.5, 0.6) is 0 Å². The van der Waals surface area contributed by atoms with E-state index in [-0.39, 0.29) is 30.1 Å². The topological polar surface area (TPSA) is 81.4 Å². The number of carbonyl (C=O) groups is 2. The number of hydrogen-bond donors (Lipinski definition) is 2. The van der Waals surface area contributed by atoms with Crippen molar-refractivity contribution in [2.24, 2.45) is 5.73 Å². The Morgan fingerprint density at radius 2 is 2.26 bits per heavy atom. The van der Waals surface area contributed by atoms with Crippen LogP contribution in [0.4, 0.5) is 4.39 Å². The molecule has 0 spiro atoms. The van der Waals surface area contributed by atoms with Crippen molar-refractivity contribution < 1.29 is 18.7 Å². The largest absolute Gasteiger partial charge is 0.378 e. The van der Waals surface area contributed by atoms with E-state index in [1.165, 1.54) is 12.1 Å². The summed E-state index contributed by atoms with van der Waals surface area (Å²) in [7, 11) is 0. The zero-order valence-electron chi connectivity index (χ0n) is 10.5. The second kappa shape index (κ2) is 4.97. The van der Waals surface area contributed by atoms with Crippen LogP contribution < -0.4 is 11.1 Å². The maximum absolute atomic E-state index is 14.0. The van der Waals surface area contributed by atoms with E-state index >= 15 is 0 Å². The van der Waals surface area contributed by atoms with E-state index in [0.29, 0.717) is 6.61 Å². The number of carbonyl (C=O) groups excluding carboxylic acids is 2. The minimum atomic E-state index is -1.01. The van der Waals surface area contributed by atoms with Crippen LogP contribution in [0.3, 0.4) is 0 Å². The molecule has 1 heterocycles. The van der Waals surface area contributed by atoms with Crippen LogP contribution in [-0.4, -0.2) is 25.0 Å². The zero-order chi connectivity index (χ0) is 14.0. The minimum Gasteiger partial charge on any atom is -0.378 e. The van der Waals surface area contributed by atoms with Gasteiger partial charge in [-0.3, -0.25) is 9.59 Å². The van der Waals surface area contributed by atoms with Crippen molar-refractivity contribution in [3.63, 3.8) is 0 Å². The number of ether oxygens (including phenoxy) is 1. The molecule has 1 aromatic rings. The van der Waals surface area contributed by atoms with Gasteiger partial charge in [-0.05, 0) is 25.1 Å². The first-order valence-electron chi connectivity index (χ1n) is 5.91. The highest BCUT2D eigenvalue weighted by molar-refractivity contribution is 5.93. The fourth-order valence-electron chi connectivity index (χ4n) is 2.09. The first kappa shape index (κ1) is 13.5. The first-order valence-corrected chi connectivity index (χ1v) is 5.91. The molecule has 0 unspecified atom stereocenters. The highest BCUT2D eigenvalue weighted by atomic mass is 19.1. The average molecular weight is 266 g/mol. The highest BCUT2D eigenvalue weighted by Crippen LogP contribution is 2.26. The molecule has 1 aliphatic heterocycles. The molecule has 0 bridgehead atoms. The summed E-state index contributed by atoms with van der Waals surface area (Å²) in [5.74, 6) is -1.38. The van der Waals surface area contributed by atoms with Gasteiger partial charge in [0.1, 0.15) is 5.82 Å². The first-order chi connectivity index (χ1) is 8.92. The Labute approximate surface area is 109 Å². The van der Waals surface area contributed by atoms with Crippen molar-refractivity contribution in [3.05, 3.63) is 35.1 Å². The maximum atomic E-state index is 14.0. The zero-order valence-corrected chi connectivity index (χ0v) is 10.5. The Hall–Kier alpha value is -1.95. The fourth-order valence-corrected chi connectivity index (χ4v) is 2.09. The fraction of sp³-hybridized carbons (Fsp3) is 0.385. The van der Waals surface area contributed by atoms with E-state index in [2.05, 4.69) is 5.32 Å². The summed E-state index contributed by atoms with van der Waals surface area (Å²) in [6.45, 7) is 2.08. The summed E-state index contributed by atoms with van der Waals surface area (Å²) in [6, 6.07) is 3.83. The van der Waals surface area contributed by atoms with E-state index in [1.54, 1.807) is 6.92 Å². The molecule has 1 aromatic carbocycles. The van der Waals surface area contributed by atoms with Gasteiger partial charge >= 0.3 is 0 Å². The van der Waals surface area contributed by atoms with Crippen molar-refractivity contribution in [2.75, 3.05) is 13.2 Å². The van der Waals surface area contributed by atoms with Crippen LogP contribution in [-0.2, 0) is 15.1 Å². The van der Waals surface area contributed by atoms with Gasteiger partial charge < -0.3 is 15.8 Å². The van der Waals surface area contributed by atoms with Gasteiger partial charge in [-0.15, -0.1) is 0 Å². The van der Waals surface area contributed by atoms with Gasteiger partial charge in [-0.2, -0.15) is 0 Å². The quantitative estimate of drug-likeness (QED) is 0.825. The third-order valence-corrected chi connectivity index (χ3v) is 3.12. The monoisotopic (exact) mass is 266 g/mol. The molecule has 2 rings (SSSR count). The van der Waals surface area contributed by atoms with E-state index in [4.69, 9.17) is 10.5 Å². The average Bonchev–Trinajstić information content (AvgIpc) is 2.51. The SMILES string of the molecule is C[C@@]1(c2cc(C(N)=O)ccc2F)COCCC(=O)N1. The second-order valence-corrected chi connectivity index (χ2v) is 4.74. The summed E-state index contributed by atoms with van der Waals surface area (Å²) in [6.07, 6.45) is 0.229. The van der Waals surface area contributed by atoms with Crippen molar-refractivity contribution in [3.8, 4) is 0 Å². The molecule has 0 aliphatic carbocycles. The highest BCUT2D eigenvalue weighted by Gasteiger charge is 2.34. The van der Waals surface area contributed by atoms with Gasteiger partial charge in [0.25, 0.3) is 0 Å².